The summed E-state index contributed by atoms with van der Waals surface area (Å²) >= 11 is 1.29. The molecule has 2 heterocycles. The fraction of sp³-hybridized carbons (Fsp3) is 0.273. The number of nitrogens with one attached hydrogen (secondary N) is 1. The van der Waals surface area contributed by atoms with Gasteiger partial charge in [0.1, 0.15) is 5.75 Å². The lowest BCUT2D eigenvalue weighted by atomic mass is 10.2. The van der Waals surface area contributed by atoms with Crippen LogP contribution in [-0.4, -0.2) is 39.5 Å². The lowest BCUT2D eigenvalue weighted by Crippen LogP contribution is -2.19. The molecule has 30 heavy (non-hydrogen) atoms. The summed E-state index contributed by atoms with van der Waals surface area (Å²) in [4.78, 5) is 20.7. The fourth-order valence-corrected chi connectivity index (χ4v) is 3.90. The summed E-state index contributed by atoms with van der Waals surface area (Å²) in [6.07, 6.45) is 1.66. The van der Waals surface area contributed by atoms with Crippen LogP contribution in [0.1, 0.15) is 28.3 Å². The number of benzene rings is 1. The van der Waals surface area contributed by atoms with Gasteiger partial charge in [0.15, 0.2) is 5.16 Å². The molecule has 0 unspecified atom stereocenters. The van der Waals surface area contributed by atoms with Crippen LogP contribution in [0, 0.1) is 27.7 Å². The highest BCUT2D eigenvalue weighted by molar-refractivity contribution is 7.99. The lowest BCUT2D eigenvalue weighted by molar-refractivity contribution is -0.118. The Morgan fingerprint density at radius 2 is 1.90 bits per heavy atom. The normalized spacial score (nSPS) is 11.1. The molecule has 3 rings (SSSR count). The van der Waals surface area contributed by atoms with Gasteiger partial charge in [-0.3, -0.25) is 4.79 Å². The summed E-state index contributed by atoms with van der Waals surface area (Å²) in [5.41, 5.74) is 8.37. The smallest absolute Gasteiger partial charge is 0.250 e. The van der Waals surface area contributed by atoms with Gasteiger partial charge in [-0.2, -0.15) is 5.10 Å². The van der Waals surface area contributed by atoms with Gasteiger partial charge >= 0.3 is 0 Å². The van der Waals surface area contributed by atoms with Crippen LogP contribution in [0.5, 0.6) is 5.75 Å². The van der Waals surface area contributed by atoms with E-state index >= 15 is 0 Å². The molecule has 0 saturated carbocycles. The van der Waals surface area contributed by atoms with Crippen molar-refractivity contribution < 1.29 is 9.53 Å². The summed E-state index contributed by atoms with van der Waals surface area (Å²) in [6.45, 7) is 7.86. The molecule has 0 fully saturated rings. The van der Waals surface area contributed by atoms with E-state index in [2.05, 4.69) is 25.1 Å². The molecule has 0 atom stereocenters. The average molecular weight is 424 g/mol. The first-order valence-electron chi connectivity index (χ1n) is 9.47. The number of amides is 1. The maximum absolute atomic E-state index is 12.1. The third kappa shape index (κ3) is 5.27. The molecular formula is C22H25N5O2S. The summed E-state index contributed by atoms with van der Waals surface area (Å²) < 4.78 is 7.45. The standard InChI is InChI=1S/C22H25N5O2S/c1-14-9-15(2)25-22(24-14)30-13-21(28)26-23-12-18-10-16(3)27(17(18)4)19-7-6-8-20(11-19)29-5/h6-12H,13H2,1-5H3,(H,26,28)/b23-12+. The Morgan fingerprint density at radius 3 is 2.60 bits per heavy atom. The fourth-order valence-electron chi connectivity index (χ4n) is 3.16. The van der Waals surface area contributed by atoms with Crippen LogP contribution >= 0.6 is 11.8 Å². The van der Waals surface area contributed by atoms with E-state index < -0.39 is 0 Å². The number of methoxy groups -OCH3 is 1. The molecule has 1 N–H and O–H groups in total. The van der Waals surface area contributed by atoms with Crippen molar-refractivity contribution in [1.29, 1.82) is 0 Å². The second-order valence-corrected chi connectivity index (χ2v) is 7.82. The molecule has 0 aliphatic rings. The van der Waals surface area contributed by atoms with Gasteiger partial charge in [-0.05, 0) is 52.0 Å². The minimum atomic E-state index is -0.208. The van der Waals surface area contributed by atoms with Crippen LogP contribution in [-0.2, 0) is 4.79 Å². The molecule has 156 valence electrons. The largest absolute Gasteiger partial charge is 0.497 e. The second kappa shape index (κ2) is 9.58. The molecule has 1 amide bonds. The Balaban J connectivity index is 1.64. The van der Waals surface area contributed by atoms with E-state index in [-0.39, 0.29) is 11.7 Å². The molecule has 1 aromatic carbocycles. The number of aromatic nitrogens is 3. The summed E-state index contributed by atoms with van der Waals surface area (Å²) in [5.74, 6) is 0.789. The van der Waals surface area contributed by atoms with Gasteiger partial charge in [-0.1, -0.05) is 17.8 Å². The molecule has 2 aromatic heterocycles. The topological polar surface area (TPSA) is 81.4 Å². The Hall–Kier alpha value is -3.13. The number of hydrogen-bond acceptors (Lipinski definition) is 6. The van der Waals surface area contributed by atoms with Crippen molar-refractivity contribution in [2.75, 3.05) is 12.9 Å². The van der Waals surface area contributed by atoms with Crippen molar-refractivity contribution in [1.82, 2.24) is 20.0 Å². The van der Waals surface area contributed by atoms with Crippen molar-refractivity contribution in [2.45, 2.75) is 32.9 Å². The molecular weight excluding hydrogens is 398 g/mol. The monoisotopic (exact) mass is 423 g/mol. The SMILES string of the molecule is COc1cccc(-n2c(C)cc(/C=N/NC(=O)CSc3nc(C)cc(C)n3)c2C)c1. The van der Waals surface area contributed by atoms with E-state index in [0.29, 0.717) is 5.16 Å². The molecule has 0 saturated heterocycles. The summed E-state index contributed by atoms with van der Waals surface area (Å²) in [6, 6.07) is 11.8. The number of carbonyl (C=O) groups is 1. The number of carbonyl (C=O) groups excluding carboxylic acids is 1. The van der Waals surface area contributed by atoms with E-state index in [0.717, 1.165) is 39.8 Å². The van der Waals surface area contributed by atoms with Gasteiger partial charge in [-0.15, -0.1) is 0 Å². The van der Waals surface area contributed by atoms with E-state index in [1.807, 2.05) is 64.1 Å². The highest BCUT2D eigenvalue weighted by Gasteiger charge is 2.10. The van der Waals surface area contributed by atoms with E-state index in [9.17, 15) is 4.79 Å². The first kappa shape index (κ1) is 21.6. The molecule has 0 bridgehead atoms. The zero-order valence-corrected chi connectivity index (χ0v) is 18.6. The molecule has 0 aliphatic heterocycles. The molecule has 0 aliphatic carbocycles. The number of hydrogen-bond donors (Lipinski definition) is 1. The van der Waals surface area contributed by atoms with Crippen molar-refractivity contribution in [3.63, 3.8) is 0 Å². The van der Waals surface area contributed by atoms with Crippen LogP contribution in [0.15, 0.2) is 46.7 Å². The van der Waals surface area contributed by atoms with Gasteiger partial charge in [0.25, 0.3) is 5.91 Å². The first-order chi connectivity index (χ1) is 14.4. The Morgan fingerprint density at radius 1 is 1.17 bits per heavy atom. The highest BCUT2D eigenvalue weighted by Crippen LogP contribution is 2.23. The maximum Gasteiger partial charge on any atom is 0.250 e. The predicted molar refractivity (Wildman–Crippen MR) is 120 cm³/mol. The highest BCUT2D eigenvalue weighted by atomic mass is 32.2. The third-order valence-corrected chi connectivity index (χ3v) is 5.32. The van der Waals surface area contributed by atoms with Gasteiger partial charge in [-0.25, -0.2) is 15.4 Å². The number of nitrogens with zero attached hydrogens (tertiary/aromatic N) is 4. The number of ether oxygens (including phenoxy) is 1. The second-order valence-electron chi connectivity index (χ2n) is 6.88. The number of hydrazone groups is 1. The van der Waals surface area contributed by atoms with Gasteiger partial charge in [0.2, 0.25) is 0 Å². The average Bonchev–Trinajstić information content (AvgIpc) is 2.99. The minimum absolute atomic E-state index is 0.197. The maximum atomic E-state index is 12.1. The Bertz CT molecular complexity index is 1070. The third-order valence-electron chi connectivity index (χ3n) is 4.47. The quantitative estimate of drug-likeness (QED) is 0.271. The predicted octanol–water partition coefficient (Wildman–Crippen LogP) is 3.75. The van der Waals surface area contributed by atoms with Gasteiger partial charge in [0.05, 0.1) is 19.1 Å². The summed E-state index contributed by atoms with van der Waals surface area (Å²) in [5, 5.41) is 4.71. The zero-order chi connectivity index (χ0) is 21.7. The van der Waals surface area contributed by atoms with Gasteiger partial charge in [0, 0.05) is 40.1 Å². The minimum Gasteiger partial charge on any atom is -0.497 e. The van der Waals surface area contributed by atoms with Crippen molar-refractivity contribution in [2.24, 2.45) is 5.10 Å². The Labute approximate surface area is 180 Å². The van der Waals surface area contributed by atoms with Crippen LogP contribution < -0.4 is 10.2 Å². The Kier molecular flexibility index (Phi) is 6.89. The molecule has 0 spiro atoms. The van der Waals surface area contributed by atoms with Crippen molar-refractivity contribution in [3.05, 3.63) is 64.7 Å². The van der Waals surface area contributed by atoms with Crippen LogP contribution in [0.4, 0.5) is 0 Å². The van der Waals surface area contributed by atoms with Crippen LogP contribution in [0.2, 0.25) is 0 Å². The van der Waals surface area contributed by atoms with E-state index in [1.54, 1.807) is 13.3 Å². The molecule has 7 nitrogen and oxygen atoms in total. The number of thioether (sulfide) groups is 1. The number of aryl methyl sites for hydroxylation is 3. The molecule has 0 radical (unpaired) electrons. The molecule has 3 aromatic rings. The zero-order valence-electron chi connectivity index (χ0n) is 17.8. The summed E-state index contributed by atoms with van der Waals surface area (Å²) in [7, 11) is 1.65. The van der Waals surface area contributed by atoms with Crippen molar-refractivity contribution in [3.8, 4) is 11.4 Å². The lowest BCUT2D eigenvalue weighted by Gasteiger charge is -2.11. The van der Waals surface area contributed by atoms with Crippen LogP contribution in [0.3, 0.4) is 0 Å². The van der Waals surface area contributed by atoms with Crippen molar-refractivity contribution >= 4 is 23.9 Å². The van der Waals surface area contributed by atoms with Gasteiger partial charge < -0.3 is 9.30 Å². The van der Waals surface area contributed by atoms with Crippen LogP contribution in [0.25, 0.3) is 5.69 Å². The number of rotatable bonds is 7. The van der Waals surface area contributed by atoms with E-state index in [4.69, 9.17) is 4.74 Å². The molecule has 8 heteroatoms. The first-order valence-corrected chi connectivity index (χ1v) is 10.5. The van der Waals surface area contributed by atoms with E-state index in [1.165, 1.54) is 11.8 Å².